The Labute approximate surface area is 93.5 Å². The Morgan fingerprint density at radius 3 is 2.62 bits per heavy atom. The van der Waals surface area contributed by atoms with E-state index in [1.54, 1.807) is 19.1 Å². The van der Waals surface area contributed by atoms with Crippen molar-refractivity contribution >= 4 is 12.0 Å². The molecule has 1 rings (SSSR count). The van der Waals surface area contributed by atoms with Gasteiger partial charge < -0.3 is 9.47 Å². The number of esters is 1. The highest BCUT2D eigenvalue weighted by molar-refractivity contribution is 5.92. The summed E-state index contributed by atoms with van der Waals surface area (Å²) in [6.45, 7) is 1.63. The highest BCUT2D eigenvalue weighted by Crippen LogP contribution is 2.20. The molecule has 0 atom stereocenters. The summed E-state index contributed by atoms with van der Waals surface area (Å²) in [6.07, 6.45) is 1.60. The van der Waals surface area contributed by atoms with Crippen LogP contribution in [0.4, 0.5) is 4.39 Å². The molecule has 0 bridgehead atoms. The normalized spacial score (nSPS) is 11.1. The Bertz CT molecular complexity index is 424. The highest BCUT2D eigenvalue weighted by Gasteiger charge is 2.05. The SMILES string of the molecule is COC(=O)C(C)=Cc1ccc(F)c(OC)c1. The minimum atomic E-state index is -0.435. The molecule has 0 aliphatic heterocycles. The van der Waals surface area contributed by atoms with Crippen LogP contribution in [0.5, 0.6) is 5.75 Å². The fourth-order valence-corrected chi connectivity index (χ4v) is 1.24. The predicted molar refractivity (Wildman–Crippen MR) is 58.6 cm³/mol. The van der Waals surface area contributed by atoms with E-state index in [1.165, 1.54) is 26.4 Å². The molecule has 0 saturated carbocycles. The van der Waals surface area contributed by atoms with Crippen LogP contribution in [0.15, 0.2) is 23.8 Å². The number of methoxy groups -OCH3 is 2. The molecule has 4 heteroatoms. The van der Waals surface area contributed by atoms with Gasteiger partial charge in [0.15, 0.2) is 11.6 Å². The molecule has 0 spiro atoms. The van der Waals surface area contributed by atoms with Gasteiger partial charge in [-0.15, -0.1) is 0 Å². The second-order valence-electron chi connectivity index (χ2n) is 3.21. The zero-order valence-corrected chi connectivity index (χ0v) is 9.41. The van der Waals surface area contributed by atoms with Crippen molar-refractivity contribution in [2.75, 3.05) is 14.2 Å². The Morgan fingerprint density at radius 2 is 2.06 bits per heavy atom. The van der Waals surface area contributed by atoms with Gasteiger partial charge in [-0.1, -0.05) is 6.07 Å². The van der Waals surface area contributed by atoms with Crippen LogP contribution in [0.25, 0.3) is 6.08 Å². The maximum absolute atomic E-state index is 13.1. The number of benzene rings is 1. The van der Waals surface area contributed by atoms with E-state index < -0.39 is 11.8 Å². The van der Waals surface area contributed by atoms with E-state index in [9.17, 15) is 9.18 Å². The molecule has 1 aromatic carbocycles. The molecule has 0 saturated heterocycles. The summed E-state index contributed by atoms with van der Waals surface area (Å²) in [5.74, 6) is -0.704. The molecular weight excluding hydrogens is 211 g/mol. The molecular formula is C12H13FO3. The lowest BCUT2D eigenvalue weighted by Gasteiger charge is -2.03. The van der Waals surface area contributed by atoms with E-state index in [0.29, 0.717) is 11.1 Å². The molecule has 0 unspecified atom stereocenters. The van der Waals surface area contributed by atoms with Crippen molar-refractivity contribution in [3.05, 3.63) is 35.2 Å². The third-order valence-corrected chi connectivity index (χ3v) is 2.07. The predicted octanol–water partition coefficient (Wildman–Crippen LogP) is 2.41. The van der Waals surface area contributed by atoms with Crippen molar-refractivity contribution in [2.45, 2.75) is 6.92 Å². The molecule has 0 amide bonds. The molecule has 0 heterocycles. The largest absolute Gasteiger partial charge is 0.494 e. The van der Waals surface area contributed by atoms with Gasteiger partial charge in [0.1, 0.15) is 0 Å². The Morgan fingerprint density at radius 1 is 1.38 bits per heavy atom. The second kappa shape index (κ2) is 5.30. The number of carbonyl (C=O) groups excluding carboxylic acids is 1. The van der Waals surface area contributed by atoms with Crippen LogP contribution in [-0.4, -0.2) is 20.2 Å². The number of carbonyl (C=O) groups is 1. The van der Waals surface area contributed by atoms with E-state index in [4.69, 9.17) is 4.74 Å². The monoisotopic (exact) mass is 224 g/mol. The maximum Gasteiger partial charge on any atom is 0.333 e. The minimum absolute atomic E-state index is 0.145. The van der Waals surface area contributed by atoms with Gasteiger partial charge in [-0.25, -0.2) is 9.18 Å². The number of rotatable bonds is 3. The summed E-state index contributed by atoms with van der Waals surface area (Å²) < 4.78 is 22.5. The topological polar surface area (TPSA) is 35.5 Å². The van der Waals surface area contributed by atoms with Crippen molar-refractivity contribution in [1.82, 2.24) is 0 Å². The first-order valence-corrected chi connectivity index (χ1v) is 4.68. The maximum atomic E-state index is 13.1. The van der Waals surface area contributed by atoms with Crippen molar-refractivity contribution in [1.29, 1.82) is 0 Å². The zero-order valence-electron chi connectivity index (χ0n) is 9.41. The molecule has 16 heavy (non-hydrogen) atoms. The number of hydrogen-bond acceptors (Lipinski definition) is 3. The first kappa shape index (κ1) is 12.2. The van der Waals surface area contributed by atoms with Gasteiger partial charge in [0, 0.05) is 5.57 Å². The molecule has 0 aliphatic rings. The van der Waals surface area contributed by atoms with Gasteiger partial charge >= 0.3 is 5.97 Å². The summed E-state index contributed by atoms with van der Waals surface area (Å²) in [5, 5.41) is 0. The molecule has 0 aliphatic carbocycles. The highest BCUT2D eigenvalue weighted by atomic mass is 19.1. The summed E-state index contributed by atoms with van der Waals surface area (Å²) in [5.41, 5.74) is 1.12. The minimum Gasteiger partial charge on any atom is -0.494 e. The van der Waals surface area contributed by atoms with Crippen molar-refractivity contribution in [3.63, 3.8) is 0 Å². The first-order chi connectivity index (χ1) is 7.58. The average Bonchev–Trinajstić information content (AvgIpc) is 2.30. The van der Waals surface area contributed by atoms with E-state index in [2.05, 4.69) is 4.74 Å². The van der Waals surface area contributed by atoms with Crippen molar-refractivity contribution < 1.29 is 18.7 Å². The van der Waals surface area contributed by atoms with Crippen LogP contribution in [0.3, 0.4) is 0 Å². The summed E-state index contributed by atoms with van der Waals surface area (Å²) in [7, 11) is 2.70. The van der Waals surface area contributed by atoms with Crippen LogP contribution >= 0.6 is 0 Å². The van der Waals surface area contributed by atoms with Gasteiger partial charge in [0.25, 0.3) is 0 Å². The van der Waals surface area contributed by atoms with Gasteiger partial charge in [0.2, 0.25) is 0 Å². The summed E-state index contributed by atoms with van der Waals surface area (Å²) in [4.78, 5) is 11.1. The van der Waals surface area contributed by atoms with Crippen LogP contribution in [-0.2, 0) is 9.53 Å². The molecule has 0 fully saturated rings. The van der Waals surface area contributed by atoms with Gasteiger partial charge in [-0.2, -0.15) is 0 Å². The van der Waals surface area contributed by atoms with Gasteiger partial charge in [-0.3, -0.25) is 0 Å². The Balaban J connectivity index is 3.02. The standard InChI is InChI=1S/C12H13FO3/c1-8(12(14)16-3)6-9-4-5-10(13)11(7-9)15-2/h4-7H,1-3H3. The van der Waals surface area contributed by atoms with Gasteiger partial charge in [0.05, 0.1) is 14.2 Å². The fraction of sp³-hybridized carbons (Fsp3) is 0.250. The van der Waals surface area contributed by atoms with E-state index >= 15 is 0 Å². The Kier molecular flexibility index (Phi) is 4.05. The first-order valence-electron chi connectivity index (χ1n) is 4.68. The van der Waals surface area contributed by atoms with Crippen LogP contribution < -0.4 is 4.74 Å². The number of ether oxygens (including phenoxy) is 2. The molecule has 3 nitrogen and oxygen atoms in total. The third kappa shape index (κ3) is 2.82. The molecule has 0 aromatic heterocycles. The smallest absolute Gasteiger partial charge is 0.333 e. The third-order valence-electron chi connectivity index (χ3n) is 2.07. The Hall–Kier alpha value is -1.84. The van der Waals surface area contributed by atoms with Crippen molar-refractivity contribution in [3.8, 4) is 5.75 Å². The van der Waals surface area contributed by atoms with Crippen LogP contribution in [0, 0.1) is 5.82 Å². The van der Waals surface area contributed by atoms with E-state index in [1.807, 2.05) is 0 Å². The fourth-order valence-electron chi connectivity index (χ4n) is 1.24. The van der Waals surface area contributed by atoms with Gasteiger partial charge in [-0.05, 0) is 30.7 Å². The molecule has 1 aromatic rings. The quantitative estimate of drug-likeness (QED) is 0.584. The van der Waals surface area contributed by atoms with Crippen LogP contribution in [0.1, 0.15) is 12.5 Å². The summed E-state index contributed by atoms with van der Waals surface area (Å²) >= 11 is 0. The number of hydrogen-bond donors (Lipinski definition) is 0. The van der Waals surface area contributed by atoms with Crippen molar-refractivity contribution in [2.24, 2.45) is 0 Å². The van der Waals surface area contributed by atoms with E-state index in [0.717, 1.165) is 0 Å². The lowest BCUT2D eigenvalue weighted by atomic mass is 10.1. The molecule has 0 radical (unpaired) electrons. The van der Waals surface area contributed by atoms with Crippen LogP contribution in [0.2, 0.25) is 0 Å². The summed E-state index contributed by atoms with van der Waals surface area (Å²) in [6, 6.07) is 4.36. The average molecular weight is 224 g/mol. The lowest BCUT2D eigenvalue weighted by Crippen LogP contribution is -2.01. The molecule has 0 N–H and O–H groups in total. The molecule has 86 valence electrons. The second-order valence-corrected chi connectivity index (χ2v) is 3.21. The van der Waals surface area contributed by atoms with E-state index in [-0.39, 0.29) is 5.75 Å². The lowest BCUT2D eigenvalue weighted by molar-refractivity contribution is -0.135. The number of halogens is 1. The zero-order chi connectivity index (χ0) is 12.1.